The van der Waals surface area contributed by atoms with Crippen LogP contribution in [0.25, 0.3) is 0 Å². The number of anilines is 1. The third-order valence-corrected chi connectivity index (χ3v) is 2.76. The SMILES string of the molecule is CC(Oc1cccc(N)c1)C(=O)NCc1ccncc1. The molecule has 0 saturated carbocycles. The lowest BCUT2D eigenvalue weighted by Gasteiger charge is -2.15. The molecule has 5 nitrogen and oxygen atoms in total. The summed E-state index contributed by atoms with van der Waals surface area (Å²) < 4.78 is 5.54. The van der Waals surface area contributed by atoms with Gasteiger partial charge in [0.2, 0.25) is 0 Å². The first-order chi connectivity index (χ1) is 9.65. The summed E-state index contributed by atoms with van der Waals surface area (Å²) in [6, 6.07) is 10.7. The van der Waals surface area contributed by atoms with E-state index >= 15 is 0 Å². The zero-order valence-corrected chi connectivity index (χ0v) is 11.2. The van der Waals surface area contributed by atoms with Gasteiger partial charge in [0.25, 0.3) is 5.91 Å². The molecule has 104 valence electrons. The predicted octanol–water partition coefficient (Wildman–Crippen LogP) is 1.75. The second-order valence-electron chi connectivity index (χ2n) is 4.41. The molecule has 2 aromatic rings. The first-order valence-corrected chi connectivity index (χ1v) is 6.34. The molecule has 1 unspecified atom stereocenters. The van der Waals surface area contributed by atoms with E-state index < -0.39 is 6.10 Å². The lowest BCUT2D eigenvalue weighted by atomic mass is 10.2. The molecule has 0 bridgehead atoms. The fourth-order valence-corrected chi connectivity index (χ4v) is 1.68. The second-order valence-corrected chi connectivity index (χ2v) is 4.41. The van der Waals surface area contributed by atoms with Gasteiger partial charge in [0.05, 0.1) is 0 Å². The molecule has 2 rings (SSSR count). The van der Waals surface area contributed by atoms with Gasteiger partial charge >= 0.3 is 0 Å². The molecule has 1 aromatic heterocycles. The minimum absolute atomic E-state index is 0.177. The summed E-state index contributed by atoms with van der Waals surface area (Å²) in [7, 11) is 0. The summed E-state index contributed by atoms with van der Waals surface area (Å²) in [4.78, 5) is 15.8. The summed E-state index contributed by atoms with van der Waals surface area (Å²) in [6.45, 7) is 2.15. The van der Waals surface area contributed by atoms with E-state index in [0.717, 1.165) is 5.56 Å². The number of hydrogen-bond acceptors (Lipinski definition) is 4. The Morgan fingerprint density at radius 3 is 2.80 bits per heavy atom. The molecular formula is C15H17N3O2. The molecule has 1 atom stereocenters. The van der Waals surface area contributed by atoms with E-state index in [9.17, 15) is 4.79 Å². The van der Waals surface area contributed by atoms with Gasteiger partial charge in [0, 0.05) is 30.7 Å². The average molecular weight is 271 g/mol. The lowest BCUT2D eigenvalue weighted by molar-refractivity contribution is -0.127. The van der Waals surface area contributed by atoms with Crippen LogP contribution in [0.15, 0.2) is 48.8 Å². The topological polar surface area (TPSA) is 77.2 Å². The van der Waals surface area contributed by atoms with Crippen LogP contribution in [0.4, 0.5) is 5.69 Å². The first kappa shape index (κ1) is 13.9. The smallest absolute Gasteiger partial charge is 0.261 e. The predicted molar refractivity (Wildman–Crippen MR) is 77.0 cm³/mol. The highest BCUT2D eigenvalue weighted by Crippen LogP contribution is 2.16. The molecule has 1 aromatic carbocycles. The Morgan fingerprint density at radius 1 is 1.35 bits per heavy atom. The average Bonchev–Trinajstić information content (AvgIpc) is 2.46. The zero-order valence-electron chi connectivity index (χ0n) is 11.2. The summed E-state index contributed by atoms with van der Waals surface area (Å²) in [5, 5.41) is 2.81. The molecule has 3 N–H and O–H groups in total. The molecule has 0 fully saturated rings. The number of aromatic nitrogens is 1. The van der Waals surface area contributed by atoms with Gasteiger partial charge < -0.3 is 15.8 Å². The Bertz CT molecular complexity index is 572. The standard InChI is InChI=1S/C15H17N3O2/c1-11(20-14-4-2-3-13(16)9-14)15(19)18-10-12-5-7-17-8-6-12/h2-9,11H,10,16H2,1H3,(H,18,19). The van der Waals surface area contributed by atoms with Crippen LogP contribution in [0, 0.1) is 0 Å². The summed E-state index contributed by atoms with van der Waals surface area (Å²) in [5.41, 5.74) is 7.25. The van der Waals surface area contributed by atoms with Crippen molar-refractivity contribution >= 4 is 11.6 Å². The number of carbonyl (C=O) groups excluding carboxylic acids is 1. The monoisotopic (exact) mass is 271 g/mol. The van der Waals surface area contributed by atoms with E-state index in [-0.39, 0.29) is 5.91 Å². The number of nitrogens with zero attached hydrogens (tertiary/aromatic N) is 1. The number of ether oxygens (including phenoxy) is 1. The summed E-state index contributed by atoms with van der Waals surface area (Å²) in [6.07, 6.45) is 2.79. The molecule has 0 aliphatic heterocycles. The van der Waals surface area contributed by atoms with Crippen molar-refractivity contribution in [2.24, 2.45) is 0 Å². The Kier molecular flexibility index (Phi) is 4.55. The molecule has 0 saturated heterocycles. The highest BCUT2D eigenvalue weighted by atomic mass is 16.5. The summed E-state index contributed by atoms with van der Waals surface area (Å²) >= 11 is 0. The molecule has 1 heterocycles. The molecule has 0 radical (unpaired) electrons. The van der Waals surface area contributed by atoms with Crippen LogP contribution >= 0.6 is 0 Å². The largest absolute Gasteiger partial charge is 0.481 e. The molecule has 5 heteroatoms. The van der Waals surface area contributed by atoms with E-state index in [4.69, 9.17) is 10.5 Å². The van der Waals surface area contributed by atoms with Crippen molar-refractivity contribution in [3.63, 3.8) is 0 Å². The maximum atomic E-state index is 11.9. The number of rotatable bonds is 5. The zero-order chi connectivity index (χ0) is 14.4. The summed E-state index contributed by atoms with van der Waals surface area (Å²) in [5.74, 6) is 0.404. The lowest BCUT2D eigenvalue weighted by Crippen LogP contribution is -2.35. The number of carbonyl (C=O) groups is 1. The second kappa shape index (κ2) is 6.56. The van der Waals surface area contributed by atoms with Crippen molar-refractivity contribution in [1.29, 1.82) is 0 Å². The molecule has 1 amide bonds. The fraction of sp³-hybridized carbons (Fsp3) is 0.200. The fourth-order valence-electron chi connectivity index (χ4n) is 1.68. The van der Waals surface area contributed by atoms with E-state index in [1.165, 1.54) is 0 Å². The molecule has 0 aliphatic carbocycles. The normalized spacial score (nSPS) is 11.7. The Labute approximate surface area is 117 Å². The van der Waals surface area contributed by atoms with E-state index in [1.54, 1.807) is 43.6 Å². The number of hydrogen-bond donors (Lipinski definition) is 2. The first-order valence-electron chi connectivity index (χ1n) is 6.34. The van der Waals surface area contributed by atoms with Crippen LogP contribution in [0.2, 0.25) is 0 Å². The highest BCUT2D eigenvalue weighted by Gasteiger charge is 2.14. The van der Waals surface area contributed by atoms with Gasteiger partial charge in [-0.15, -0.1) is 0 Å². The van der Waals surface area contributed by atoms with Crippen molar-refractivity contribution in [2.75, 3.05) is 5.73 Å². The Balaban J connectivity index is 1.86. The van der Waals surface area contributed by atoms with Crippen molar-refractivity contribution < 1.29 is 9.53 Å². The highest BCUT2D eigenvalue weighted by molar-refractivity contribution is 5.80. The van der Waals surface area contributed by atoms with Gasteiger partial charge in [-0.3, -0.25) is 9.78 Å². The number of benzene rings is 1. The van der Waals surface area contributed by atoms with E-state index in [2.05, 4.69) is 10.3 Å². The van der Waals surface area contributed by atoms with Crippen molar-refractivity contribution in [3.8, 4) is 5.75 Å². The minimum atomic E-state index is -0.585. The van der Waals surface area contributed by atoms with Crippen LogP contribution in [-0.2, 0) is 11.3 Å². The van der Waals surface area contributed by atoms with Crippen LogP contribution in [0.5, 0.6) is 5.75 Å². The van der Waals surface area contributed by atoms with Crippen molar-refractivity contribution in [3.05, 3.63) is 54.4 Å². The quantitative estimate of drug-likeness (QED) is 0.812. The molecule has 0 spiro atoms. The van der Waals surface area contributed by atoms with Crippen LogP contribution in [0.1, 0.15) is 12.5 Å². The van der Waals surface area contributed by atoms with E-state index in [0.29, 0.717) is 18.0 Å². The third kappa shape index (κ3) is 3.98. The van der Waals surface area contributed by atoms with Crippen LogP contribution in [0.3, 0.4) is 0 Å². The maximum Gasteiger partial charge on any atom is 0.261 e. The molecule has 20 heavy (non-hydrogen) atoms. The number of nitrogens with two attached hydrogens (primary N) is 1. The van der Waals surface area contributed by atoms with Crippen molar-refractivity contribution in [1.82, 2.24) is 10.3 Å². The van der Waals surface area contributed by atoms with Gasteiger partial charge in [-0.25, -0.2) is 0 Å². The van der Waals surface area contributed by atoms with Gasteiger partial charge in [-0.2, -0.15) is 0 Å². The van der Waals surface area contributed by atoms with Gasteiger partial charge in [0.1, 0.15) is 5.75 Å². The molecule has 0 aliphatic rings. The van der Waals surface area contributed by atoms with Crippen LogP contribution < -0.4 is 15.8 Å². The minimum Gasteiger partial charge on any atom is -0.481 e. The van der Waals surface area contributed by atoms with Crippen LogP contribution in [-0.4, -0.2) is 17.0 Å². The third-order valence-electron chi connectivity index (χ3n) is 2.76. The van der Waals surface area contributed by atoms with Gasteiger partial charge in [0.15, 0.2) is 6.10 Å². The van der Waals surface area contributed by atoms with Gasteiger partial charge in [-0.1, -0.05) is 6.07 Å². The number of nitrogens with one attached hydrogen (secondary N) is 1. The van der Waals surface area contributed by atoms with E-state index in [1.807, 2.05) is 12.1 Å². The number of amides is 1. The van der Waals surface area contributed by atoms with Crippen molar-refractivity contribution in [2.45, 2.75) is 19.6 Å². The number of nitrogen functional groups attached to an aromatic ring is 1. The number of pyridine rings is 1. The van der Waals surface area contributed by atoms with Gasteiger partial charge in [-0.05, 0) is 36.8 Å². The Hall–Kier alpha value is -2.56. The maximum absolute atomic E-state index is 11.9. The molecular weight excluding hydrogens is 254 g/mol. The Morgan fingerprint density at radius 2 is 2.10 bits per heavy atom.